The molecular weight excluding hydrogens is 1460 g/mol. The Bertz CT molecular complexity index is 5850. The van der Waals surface area contributed by atoms with Crippen LogP contribution in [0.5, 0.6) is 80.5 Å². The number of benzene rings is 7. The van der Waals surface area contributed by atoms with Crippen LogP contribution >= 0.6 is 11.6 Å². The van der Waals surface area contributed by atoms with E-state index in [1.807, 2.05) is 140 Å². The minimum Gasteiger partial charge on any atom is -0.508 e. The Balaban J connectivity index is 0.000000169. The van der Waals surface area contributed by atoms with Gasteiger partial charge in [-0.15, -0.1) is 10.1 Å². The van der Waals surface area contributed by atoms with Gasteiger partial charge in [0, 0.05) is 83.2 Å². The summed E-state index contributed by atoms with van der Waals surface area (Å²) in [6.07, 6.45) is 17.4. The molecule has 13 N–H and O–H groups in total. The fourth-order valence-electron chi connectivity index (χ4n) is 9.98. The Kier molecular flexibility index (Phi) is 27.8. The number of carboxylic acids is 1. The zero-order valence-electron chi connectivity index (χ0n) is 58.9. The number of hydrogen-bond donors (Lipinski definition) is 12. The third-order valence-corrected chi connectivity index (χ3v) is 15.5. The Morgan fingerprint density at radius 1 is 0.420 bits per heavy atom. The van der Waals surface area contributed by atoms with Crippen LogP contribution in [-0.2, 0) is 18.0 Å². The molecule has 10 aromatic heterocycles. The first kappa shape index (κ1) is 78.7. The van der Waals surface area contributed by atoms with Gasteiger partial charge in [-0.2, -0.15) is 0 Å². The molecule has 570 valence electrons. The number of nitrogens with two attached hydrogens (primary N) is 1. The number of phenolic OH excluding ortho intramolecular Hbond substituents is 4. The summed E-state index contributed by atoms with van der Waals surface area (Å²) in [4.78, 5) is 63.3. The lowest BCUT2D eigenvalue weighted by atomic mass is 10.2. The summed E-state index contributed by atoms with van der Waals surface area (Å²) in [7, 11) is 0. The highest BCUT2D eigenvalue weighted by Crippen LogP contribution is 2.37. The maximum Gasteiger partial charge on any atom is 0.314 e. The lowest BCUT2D eigenvalue weighted by Gasteiger charge is -2.09. The van der Waals surface area contributed by atoms with E-state index >= 15 is 0 Å². The molecule has 0 aliphatic carbocycles. The predicted molar refractivity (Wildman–Crippen MR) is 424 cm³/mol. The summed E-state index contributed by atoms with van der Waals surface area (Å²) in [6.45, 7) is 2.18. The number of anilines is 1. The largest absolute Gasteiger partial charge is 0.508 e. The van der Waals surface area contributed by atoms with Crippen LogP contribution in [0.2, 0.25) is 5.02 Å². The molecule has 31 heteroatoms. The van der Waals surface area contributed by atoms with Crippen molar-refractivity contribution in [3.8, 4) is 80.5 Å². The molecular formula is C81H72ClN13O17. The van der Waals surface area contributed by atoms with Crippen LogP contribution in [0, 0.1) is 20.2 Å². The maximum atomic E-state index is 10.8. The van der Waals surface area contributed by atoms with Crippen molar-refractivity contribution in [2.75, 3.05) is 5.73 Å². The summed E-state index contributed by atoms with van der Waals surface area (Å²) in [5.74, 6) is 5.86. The first-order valence-corrected chi connectivity index (χ1v) is 33.7. The van der Waals surface area contributed by atoms with Gasteiger partial charge in [-0.25, -0.2) is 24.9 Å². The normalized spacial score (nSPS) is 10.2. The lowest BCUT2D eigenvalue weighted by molar-refractivity contribution is -0.742. The second-order valence-corrected chi connectivity index (χ2v) is 23.4. The summed E-state index contributed by atoms with van der Waals surface area (Å²) in [5.41, 5.74) is 11.6. The van der Waals surface area contributed by atoms with Gasteiger partial charge in [-0.3, -0.25) is 14.9 Å². The number of nitrogen functional groups attached to an aromatic ring is 1. The molecule has 0 atom stereocenters. The topological polar surface area (TPSA) is 450 Å². The van der Waals surface area contributed by atoms with E-state index in [0.717, 1.165) is 101 Å². The number of H-pyrrole nitrogens is 5. The predicted octanol–water partition coefficient (Wildman–Crippen LogP) is 19.0. The van der Waals surface area contributed by atoms with E-state index < -0.39 is 27.4 Å². The second-order valence-electron chi connectivity index (χ2n) is 23.0. The van der Waals surface area contributed by atoms with Gasteiger partial charge in [-0.05, 0) is 169 Å². The molecule has 0 radical (unpaired) electrons. The van der Waals surface area contributed by atoms with Crippen molar-refractivity contribution < 1.29 is 76.8 Å². The van der Waals surface area contributed by atoms with Crippen molar-refractivity contribution in [2.24, 2.45) is 0 Å². The number of nitrogens with zero attached hydrogens (tertiary/aromatic N) is 7. The first-order chi connectivity index (χ1) is 54.3. The summed E-state index contributed by atoms with van der Waals surface area (Å²) < 4.78 is 34.4. The smallest absolute Gasteiger partial charge is 0.314 e. The highest BCUT2D eigenvalue weighted by atomic mass is 35.5. The number of nitro benzene ring substituents is 1. The number of pyridine rings is 5. The first-order valence-electron chi connectivity index (χ1n) is 33.4. The number of hydrogen-bond acceptors (Lipinski definition) is 21. The Morgan fingerprint density at radius 3 is 1.07 bits per heavy atom. The molecule has 0 unspecified atom stereocenters. The van der Waals surface area contributed by atoms with Gasteiger partial charge in [0.25, 0.3) is 11.1 Å². The van der Waals surface area contributed by atoms with E-state index in [9.17, 15) is 25.4 Å². The molecule has 112 heavy (non-hydrogen) atoms. The van der Waals surface area contributed by atoms with Crippen molar-refractivity contribution in [3.05, 3.63) is 329 Å². The number of aliphatic carboxylic acids is 1. The Hall–Kier alpha value is -15.9. The number of fused-ring (bicyclic) bond motifs is 5. The summed E-state index contributed by atoms with van der Waals surface area (Å²) in [6, 6.07) is 68.0. The number of aromatic nitrogens is 10. The number of rotatable bonds is 15. The number of phenols is 4. The molecule has 0 saturated carbocycles. The monoisotopic (exact) mass is 1530 g/mol. The van der Waals surface area contributed by atoms with Crippen LogP contribution in [-0.4, -0.2) is 96.6 Å². The van der Waals surface area contributed by atoms with Crippen LogP contribution in [0.4, 0.5) is 11.4 Å². The molecule has 0 spiro atoms. The molecule has 0 fully saturated rings. The second kappa shape index (κ2) is 39.5. The molecule has 0 aliphatic heterocycles. The van der Waals surface area contributed by atoms with Gasteiger partial charge >= 0.3 is 5.69 Å². The highest BCUT2D eigenvalue weighted by molar-refractivity contribution is 6.35. The van der Waals surface area contributed by atoms with Crippen LogP contribution in [0.25, 0.3) is 55.2 Å². The average molecular weight is 1530 g/mol. The minimum atomic E-state index is -1.50. The van der Waals surface area contributed by atoms with Crippen LogP contribution in [0.3, 0.4) is 0 Å². The van der Waals surface area contributed by atoms with Gasteiger partial charge in [0.05, 0.1) is 43.2 Å². The van der Waals surface area contributed by atoms with Crippen LogP contribution in [0.15, 0.2) is 292 Å². The molecule has 10 heterocycles. The van der Waals surface area contributed by atoms with Crippen molar-refractivity contribution in [1.82, 2.24) is 49.8 Å². The number of carboxylic acid groups (broad SMARTS) is 1. The van der Waals surface area contributed by atoms with Crippen molar-refractivity contribution >= 4 is 84.1 Å². The SMILES string of the molecule is CC(=O)O.Clc1ccnc2[nH]ccc12.Nc1cc(Oc2ccnc3[nH]ccc23)ccc1O.O=[N+]([O-])O.O=[N+]([O-])c1cc(Oc2ccnc3[nH]ccc23)ccc1O.Oc1ccc(OCc2ccccc2)cc1.Oc1ccc(Oc2ccnc3[nH]ccc23)cc1.[HH].[HH].c1ccc(COc2ccc(Oc3ccnc4[nH]ccc34)cc2)cc1. The number of aromatic amines is 5. The maximum absolute atomic E-state index is 10.8. The standard InChI is InChI=1S/C20H16N2O2.C13H9N3O4.C13H11N3O2.C13H10N2O2.C13H12O2.C7H5ClN2.C2H4O2.HNO3.2H2/c1-2-4-15(5-3-1)14-23-16-6-8-17(9-7-16)24-19-11-13-22-20-18(19)10-12-21-20;17-11-2-1-8(7-10(11)16(18)19)20-12-4-6-15-13-9(12)3-5-14-13;14-10-7-8(1-2-11(10)17)18-12-4-6-16-13-9(12)3-5-15-13;16-9-1-3-10(4-2-9)17-12-6-8-15-13-11(12)5-7-14-13;14-12-6-8-13(9-7-12)15-10-11-4-2-1-3-5-11;8-6-2-4-10-7-5(6)1-3-9-7;1-2(3)4;2-1(3)4;;/h1-13H,14H2,(H,21,22);1-7,17H,(H,14,15);1-7,17H,14H2,(H,15,16);1-8,16H,(H,14,15);1-9,14H,10H2;1-4H,(H,9,10);1H3,(H,3,4);(H,2,3,4);2*1H. The zero-order valence-corrected chi connectivity index (χ0v) is 59.6. The van der Waals surface area contributed by atoms with Gasteiger partial charge in [-0.1, -0.05) is 72.3 Å². The average Bonchev–Trinajstić information content (AvgIpc) is 1.60. The minimum absolute atomic E-state index is 0. The number of nitrogens with one attached hydrogen (secondary N) is 5. The summed E-state index contributed by atoms with van der Waals surface area (Å²) in [5, 5.41) is 74.1. The fourth-order valence-corrected chi connectivity index (χ4v) is 10.2. The summed E-state index contributed by atoms with van der Waals surface area (Å²) >= 11 is 5.84. The van der Waals surface area contributed by atoms with E-state index in [4.69, 9.17) is 76.1 Å². The van der Waals surface area contributed by atoms with Crippen molar-refractivity contribution in [2.45, 2.75) is 20.1 Å². The number of nitro groups is 1. The van der Waals surface area contributed by atoms with Crippen molar-refractivity contribution in [1.29, 1.82) is 0 Å². The molecule has 0 saturated heterocycles. The van der Waals surface area contributed by atoms with E-state index in [1.54, 1.807) is 128 Å². The molecule has 0 aliphatic rings. The number of ether oxygens (including phenoxy) is 6. The third-order valence-electron chi connectivity index (χ3n) is 15.1. The van der Waals surface area contributed by atoms with E-state index in [2.05, 4.69) is 49.8 Å². The molecule has 17 rings (SSSR count). The van der Waals surface area contributed by atoms with E-state index in [1.165, 1.54) is 24.3 Å². The van der Waals surface area contributed by atoms with Gasteiger partial charge in [0.2, 0.25) is 0 Å². The van der Waals surface area contributed by atoms with Gasteiger partial charge in [0.1, 0.15) is 116 Å². The molecule has 7 aromatic carbocycles. The fraction of sp³-hybridized carbons (Fsp3) is 0.0370. The van der Waals surface area contributed by atoms with Crippen LogP contribution < -0.4 is 34.2 Å². The van der Waals surface area contributed by atoms with Crippen LogP contribution in [0.1, 0.15) is 20.9 Å². The van der Waals surface area contributed by atoms with Gasteiger partial charge < -0.3 is 89.8 Å². The van der Waals surface area contributed by atoms with Gasteiger partial charge in [0.15, 0.2) is 5.75 Å². The third kappa shape index (κ3) is 23.6. The zero-order chi connectivity index (χ0) is 79.1. The van der Waals surface area contributed by atoms with Crippen molar-refractivity contribution in [3.63, 3.8) is 0 Å². The number of aromatic hydroxyl groups is 4. The van der Waals surface area contributed by atoms with E-state index in [0.29, 0.717) is 41.9 Å². The quantitative estimate of drug-likeness (QED) is 0.0196. The highest BCUT2D eigenvalue weighted by Gasteiger charge is 2.16. The molecule has 0 bridgehead atoms. The molecule has 0 amide bonds. The molecule has 30 nitrogen and oxygen atoms in total. The molecule has 17 aromatic rings. The Labute approximate surface area is 643 Å². The lowest BCUT2D eigenvalue weighted by Crippen LogP contribution is -1.94. The van der Waals surface area contributed by atoms with E-state index in [-0.39, 0.29) is 31.5 Å². The number of carbonyl (C=O) groups is 1. The number of halogens is 1. The Morgan fingerprint density at radius 2 is 0.714 bits per heavy atom.